The fraction of sp³-hybridized carbons (Fsp3) is 0.684. The van der Waals surface area contributed by atoms with Crippen LogP contribution in [0.25, 0.3) is 0 Å². The molecule has 0 aromatic carbocycles. The highest BCUT2D eigenvalue weighted by Crippen LogP contribution is 2.31. The second-order valence-electron chi connectivity index (χ2n) is 7.60. The Kier molecular flexibility index (Phi) is 5.74. The SMILES string of the molecule is C=CC(=O)NC1(CNC(=O)C2CCCc3nnn(C)c32)CCCCCC1. The summed E-state index contributed by atoms with van der Waals surface area (Å²) in [4.78, 5) is 24.9. The predicted molar refractivity (Wildman–Crippen MR) is 98.5 cm³/mol. The minimum Gasteiger partial charge on any atom is -0.353 e. The van der Waals surface area contributed by atoms with Gasteiger partial charge in [-0.05, 0) is 38.2 Å². The molecule has 7 nitrogen and oxygen atoms in total. The van der Waals surface area contributed by atoms with E-state index >= 15 is 0 Å². The summed E-state index contributed by atoms with van der Waals surface area (Å²) in [7, 11) is 1.84. The Morgan fingerprint density at radius 1 is 1.27 bits per heavy atom. The minimum absolute atomic E-state index is 0.00724. The maximum Gasteiger partial charge on any atom is 0.243 e. The first-order valence-corrected chi connectivity index (χ1v) is 9.65. The fourth-order valence-electron chi connectivity index (χ4n) is 4.32. The molecule has 1 fully saturated rings. The molecular formula is C19H29N5O2. The molecule has 1 unspecified atom stereocenters. The zero-order chi connectivity index (χ0) is 18.6. The number of nitrogens with zero attached hydrogens (tertiary/aromatic N) is 3. The fourth-order valence-corrected chi connectivity index (χ4v) is 4.32. The Bertz CT molecular complexity index is 673. The van der Waals surface area contributed by atoms with Crippen molar-refractivity contribution < 1.29 is 9.59 Å². The molecule has 0 aliphatic heterocycles. The van der Waals surface area contributed by atoms with E-state index in [4.69, 9.17) is 0 Å². The van der Waals surface area contributed by atoms with Crippen molar-refractivity contribution in [3.63, 3.8) is 0 Å². The molecule has 7 heteroatoms. The second kappa shape index (κ2) is 8.01. The Labute approximate surface area is 154 Å². The molecule has 0 saturated heterocycles. The molecule has 26 heavy (non-hydrogen) atoms. The summed E-state index contributed by atoms with van der Waals surface area (Å²) in [6.45, 7) is 4.02. The van der Waals surface area contributed by atoms with Gasteiger partial charge < -0.3 is 10.6 Å². The van der Waals surface area contributed by atoms with E-state index in [2.05, 4.69) is 27.5 Å². The molecule has 2 aliphatic rings. The molecule has 1 saturated carbocycles. The summed E-state index contributed by atoms with van der Waals surface area (Å²) in [5.74, 6) is -0.374. The van der Waals surface area contributed by atoms with Gasteiger partial charge in [-0.3, -0.25) is 14.3 Å². The Morgan fingerprint density at radius 2 is 2.00 bits per heavy atom. The zero-order valence-corrected chi connectivity index (χ0v) is 15.6. The third-order valence-electron chi connectivity index (χ3n) is 5.73. The number of carbonyl (C=O) groups excluding carboxylic acids is 2. The van der Waals surface area contributed by atoms with Gasteiger partial charge in [0.15, 0.2) is 0 Å². The first-order chi connectivity index (χ1) is 12.5. The molecule has 2 N–H and O–H groups in total. The third-order valence-corrected chi connectivity index (χ3v) is 5.73. The van der Waals surface area contributed by atoms with E-state index < -0.39 is 0 Å². The van der Waals surface area contributed by atoms with E-state index in [1.165, 1.54) is 18.9 Å². The number of rotatable bonds is 5. The monoisotopic (exact) mass is 359 g/mol. The number of aryl methyl sites for hydroxylation is 2. The summed E-state index contributed by atoms with van der Waals surface area (Å²) in [5.41, 5.74) is 1.49. The summed E-state index contributed by atoms with van der Waals surface area (Å²) < 4.78 is 1.72. The Balaban J connectivity index is 1.70. The number of aromatic nitrogens is 3. The summed E-state index contributed by atoms with van der Waals surface area (Å²) in [6, 6.07) is 0. The third kappa shape index (κ3) is 3.97. The van der Waals surface area contributed by atoms with Crippen LogP contribution in [-0.2, 0) is 23.1 Å². The molecule has 0 spiro atoms. The van der Waals surface area contributed by atoms with Gasteiger partial charge >= 0.3 is 0 Å². The average molecular weight is 359 g/mol. The van der Waals surface area contributed by atoms with Crippen molar-refractivity contribution in [2.45, 2.75) is 69.2 Å². The molecular weight excluding hydrogens is 330 g/mol. The lowest BCUT2D eigenvalue weighted by molar-refractivity contribution is -0.124. The lowest BCUT2D eigenvalue weighted by Gasteiger charge is -2.34. The first-order valence-electron chi connectivity index (χ1n) is 9.65. The van der Waals surface area contributed by atoms with Crippen LogP contribution in [0, 0.1) is 0 Å². The highest BCUT2D eigenvalue weighted by atomic mass is 16.2. The zero-order valence-electron chi connectivity index (χ0n) is 15.6. The average Bonchev–Trinajstić information content (AvgIpc) is 2.88. The van der Waals surface area contributed by atoms with Crippen LogP contribution < -0.4 is 10.6 Å². The number of fused-ring (bicyclic) bond motifs is 1. The lowest BCUT2D eigenvalue weighted by Crippen LogP contribution is -2.55. The number of hydrogen-bond donors (Lipinski definition) is 2. The van der Waals surface area contributed by atoms with Gasteiger partial charge in [0.25, 0.3) is 0 Å². The summed E-state index contributed by atoms with van der Waals surface area (Å²) >= 11 is 0. The summed E-state index contributed by atoms with van der Waals surface area (Å²) in [5, 5.41) is 14.5. The lowest BCUT2D eigenvalue weighted by atomic mass is 9.87. The Morgan fingerprint density at radius 3 is 2.69 bits per heavy atom. The normalized spacial score (nSPS) is 22.0. The highest BCUT2D eigenvalue weighted by Gasteiger charge is 2.35. The molecule has 2 aliphatic carbocycles. The van der Waals surface area contributed by atoms with Crippen molar-refractivity contribution >= 4 is 11.8 Å². The van der Waals surface area contributed by atoms with Crippen molar-refractivity contribution in [1.82, 2.24) is 25.6 Å². The minimum atomic E-state index is -0.375. The quantitative estimate of drug-likeness (QED) is 0.619. The molecule has 2 amide bonds. The standard InChI is InChI=1S/C19H29N5O2/c1-3-16(25)21-19(11-6-4-5-7-12-19)13-20-18(26)14-9-8-10-15-17(14)24(2)23-22-15/h3,14H,1,4-13H2,2H3,(H,20,26)(H,21,25). The van der Waals surface area contributed by atoms with Crippen molar-refractivity contribution in [3.8, 4) is 0 Å². The van der Waals surface area contributed by atoms with E-state index in [0.717, 1.165) is 56.3 Å². The van der Waals surface area contributed by atoms with Crippen LogP contribution in [0.2, 0.25) is 0 Å². The predicted octanol–water partition coefficient (Wildman–Crippen LogP) is 1.75. The molecule has 142 valence electrons. The van der Waals surface area contributed by atoms with E-state index in [1.807, 2.05) is 7.05 Å². The van der Waals surface area contributed by atoms with Crippen LogP contribution in [0.4, 0.5) is 0 Å². The van der Waals surface area contributed by atoms with E-state index in [0.29, 0.717) is 6.54 Å². The second-order valence-corrected chi connectivity index (χ2v) is 7.60. The van der Waals surface area contributed by atoms with E-state index in [1.54, 1.807) is 4.68 Å². The number of hydrogen-bond acceptors (Lipinski definition) is 4. The number of nitrogens with one attached hydrogen (secondary N) is 2. The van der Waals surface area contributed by atoms with Crippen molar-refractivity contribution in [3.05, 3.63) is 24.0 Å². The van der Waals surface area contributed by atoms with E-state index in [9.17, 15) is 9.59 Å². The highest BCUT2D eigenvalue weighted by molar-refractivity contribution is 5.88. The largest absolute Gasteiger partial charge is 0.353 e. The first kappa shape index (κ1) is 18.6. The maximum atomic E-state index is 12.9. The van der Waals surface area contributed by atoms with Crippen molar-refractivity contribution in [2.24, 2.45) is 7.05 Å². The van der Waals surface area contributed by atoms with Gasteiger partial charge in [-0.2, -0.15) is 0 Å². The molecule has 0 bridgehead atoms. The molecule has 1 heterocycles. The molecule has 1 atom stereocenters. The van der Waals surface area contributed by atoms with Gasteiger partial charge in [0.2, 0.25) is 11.8 Å². The van der Waals surface area contributed by atoms with E-state index in [-0.39, 0.29) is 23.3 Å². The van der Waals surface area contributed by atoms with Crippen LogP contribution >= 0.6 is 0 Å². The topological polar surface area (TPSA) is 88.9 Å². The van der Waals surface area contributed by atoms with Gasteiger partial charge in [-0.1, -0.05) is 37.5 Å². The van der Waals surface area contributed by atoms with Crippen molar-refractivity contribution in [1.29, 1.82) is 0 Å². The Hall–Kier alpha value is -2.18. The number of carbonyl (C=O) groups is 2. The molecule has 1 aromatic rings. The van der Waals surface area contributed by atoms with Crippen LogP contribution in [-0.4, -0.2) is 38.9 Å². The smallest absolute Gasteiger partial charge is 0.243 e. The molecule has 3 rings (SSSR count). The van der Waals surface area contributed by atoms with Crippen LogP contribution in [0.3, 0.4) is 0 Å². The molecule has 0 radical (unpaired) electrons. The van der Waals surface area contributed by atoms with Gasteiger partial charge in [-0.15, -0.1) is 5.10 Å². The maximum absolute atomic E-state index is 12.9. The number of amides is 2. The van der Waals surface area contributed by atoms with Gasteiger partial charge in [0.05, 0.1) is 22.8 Å². The van der Waals surface area contributed by atoms with Gasteiger partial charge in [0, 0.05) is 13.6 Å². The van der Waals surface area contributed by atoms with Crippen molar-refractivity contribution in [2.75, 3.05) is 6.54 Å². The van der Waals surface area contributed by atoms with Crippen LogP contribution in [0.1, 0.15) is 68.7 Å². The summed E-state index contributed by atoms with van der Waals surface area (Å²) in [6.07, 6.45) is 10.2. The van der Waals surface area contributed by atoms with Crippen LogP contribution in [0.5, 0.6) is 0 Å². The van der Waals surface area contributed by atoms with Gasteiger partial charge in [0.1, 0.15) is 0 Å². The van der Waals surface area contributed by atoms with Gasteiger partial charge in [-0.25, -0.2) is 0 Å². The molecule has 1 aromatic heterocycles. The van der Waals surface area contributed by atoms with Crippen LogP contribution in [0.15, 0.2) is 12.7 Å².